The van der Waals surface area contributed by atoms with Gasteiger partial charge in [-0.05, 0) is 18.6 Å². The second-order valence-corrected chi connectivity index (χ2v) is 5.42. The number of hydrogen-bond donors (Lipinski definition) is 2. The van der Waals surface area contributed by atoms with Crippen LogP contribution in [-0.2, 0) is 11.2 Å². The quantitative estimate of drug-likeness (QED) is 0.772. The van der Waals surface area contributed by atoms with Crippen molar-refractivity contribution in [3.05, 3.63) is 59.6 Å². The Balaban J connectivity index is 1.85. The summed E-state index contributed by atoms with van der Waals surface area (Å²) in [6.07, 6.45) is 2.54. The molecule has 6 heteroatoms. The molecule has 1 heterocycles. The first kappa shape index (κ1) is 15.9. The van der Waals surface area contributed by atoms with Gasteiger partial charge in [-0.25, -0.2) is 4.98 Å². The van der Waals surface area contributed by atoms with Crippen LogP contribution in [0.25, 0.3) is 0 Å². The molecule has 22 heavy (non-hydrogen) atoms. The van der Waals surface area contributed by atoms with Crippen molar-refractivity contribution in [2.45, 2.75) is 12.8 Å². The molecule has 0 saturated carbocycles. The van der Waals surface area contributed by atoms with Crippen LogP contribution < -0.4 is 10.6 Å². The van der Waals surface area contributed by atoms with Gasteiger partial charge in [0.15, 0.2) is 5.13 Å². The van der Waals surface area contributed by atoms with E-state index >= 15 is 0 Å². The molecule has 0 spiro atoms. The molecule has 1 aromatic carbocycles. The van der Waals surface area contributed by atoms with Gasteiger partial charge in [0.05, 0.1) is 5.69 Å². The standard InChI is InChI=1S/C16H17N3O2S/c1-2-10-17-14(20)9-8-13-11-22-16(18-13)19-15(21)12-6-4-3-5-7-12/h2-7,11H,1,8-10H2,(H,17,20)(H,18,19,21). The van der Waals surface area contributed by atoms with Gasteiger partial charge in [-0.15, -0.1) is 17.9 Å². The molecule has 0 saturated heterocycles. The summed E-state index contributed by atoms with van der Waals surface area (Å²) in [5.41, 5.74) is 1.38. The van der Waals surface area contributed by atoms with Crippen molar-refractivity contribution in [2.75, 3.05) is 11.9 Å². The Kier molecular flexibility index (Phi) is 5.85. The Morgan fingerprint density at radius 2 is 2.05 bits per heavy atom. The number of carbonyl (C=O) groups is 2. The Labute approximate surface area is 133 Å². The van der Waals surface area contributed by atoms with Crippen molar-refractivity contribution in [1.82, 2.24) is 10.3 Å². The lowest BCUT2D eigenvalue weighted by atomic mass is 10.2. The summed E-state index contributed by atoms with van der Waals surface area (Å²) < 4.78 is 0. The number of aromatic nitrogens is 1. The lowest BCUT2D eigenvalue weighted by molar-refractivity contribution is -0.120. The molecule has 0 atom stereocenters. The number of benzene rings is 1. The number of amides is 2. The maximum Gasteiger partial charge on any atom is 0.257 e. The predicted octanol–water partition coefficient (Wildman–Crippen LogP) is 2.63. The molecule has 0 aliphatic carbocycles. The highest BCUT2D eigenvalue weighted by Crippen LogP contribution is 2.17. The Hall–Kier alpha value is -2.47. The van der Waals surface area contributed by atoms with Gasteiger partial charge in [0.1, 0.15) is 0 Å². The molecule has 2 amide bonds. The number of rotatable bonds is 7. The molecule has 1 aromatic heterocycles. The minimum atomic E-state index is -0.190. The van der Waals surface area contributed by atoms with Crippen LogP contribution in [0.3, 0.4) is 0 Å². The van der Waals surface area contributed by atoms with Gasteiger partial charge in [0, 0.05) is 23.9 Å². The van der Waals surface area contributed by atoms with Gasteiger partial charge in [-0.2, -0.15) is 0 Å². The molecule has 0 radical (unpaired) electrons. The van der Waals surface area contributed by atoms with E-state index in [1.807, 2.05) is 23.6 Å². The number of hydrogen-bond acceptors (Lipinski definition) is 4. The van der Waals surface area contributed by atoms with Gasteiger partial charge >= 0.3 is 0 Å². The van der Waals surface area contributed by atoms with Crippen LogP contribution in [0, 0.1) is 0 Å². The van der Waals surface area contributed by atoms with Crippen molar-refractivity contribution in [1.29, 1.82) is 0 Å². The fourth-order valence-corrected chi connectivity index (χ4v) is 2.49. The van der Waals surface area contributed by atoms with E-state index in [0.717, 1.165) is 5.69 Å². The highest BCUT2D eigenvalue weighted by atomic mass is 32.1. The average Bonchev–Trinajstić information content (AvgIpc) is 2.99. The summed E-state index contributed by atoms with van der Waals surface area (Å²) in [7, 11) is 0. The highest BCUT2D eigenvalue weighted by molar-refractivity contribution is 7.13. The molecule has 2 aromatic rings. The number of nitrogens with zero attached hydrogens (tertiary/aromatic N) is 1. The zero-order valence-corrected chi connectivity index (χ0v) is 12.9. The molecule has 0 fully saturated rings. The van der Waals surface area contributed by atoms with Gasteiger partial charge in [-0.1, -0.05) is 24.3 Å². The van der Waals surface area contributed by atoms with E-state index in [-0.39, 0.29) is 11.8 Å². The predicted molar refractivity (Wildman–Crippen MR) is 88.0 cm³/mol. The molecule has 0 aliphatic rings. The van der Waals surface area contributed by atoms with Crippen molar-refractivity contribution >= 4 is 28.3 Å². The molecule has 0 bridgehead atoms. The monoisotopic (exact) mass is 315 g/mol. The summed E-state index contributed by atoms with van der Waals surface area (Å²) in [6.45, 7) is 4.01. The van der Waals surface area contributed by atoms with E-state index in [1.54, 1.807) is 18.2 Å². The van der Waals surface area contributed by atoms with Crippen LogP contribution in [0.2, 0.25) is 0 Å². The molecule has 2 N–H and O–H groups in total. The van der Waals surface area contributed by atoms with Crippen LogP contribution in [0.4, 0.5) is 5.13 Å². The van der Waals surface area contributed by atoms with Crippen molar-refractivity contribution in [2.24, 2.45) is 0 Å². The zero-order chi connectivity index (χ0) is 15.8. The number of anilines is 1. The summed E-state index contributed by atoms with van der Waals surface area (Å²) >= 11 is 1.35. The van der Waals surface area contributed by atoms with E-state index < -0.39 is 0 Å². The Bertz CT molecular complexity index is 652. The smallest absolute Gasteiger partial charge is 0.257 e. The number of nitrogens with one attached hydrogen (secondary N) is 2. The molecule has 5 nitrogen and oxygen atoms in total. The van der Waals surface area contributed by atoms with Gasteiger partial charge < -0.3 is 5.32 Å². The van der Waals surface area contributed by atoms with Gasteiger partial charge in [0.2, 0.25) is 5.91 Å². The maximum absolute atomic E-state index is 12.0. The zero-order valence-electron chi connectivity index (χ0n) is 12.0. The number of aryl methyl sites for hydroxylation is 1. The molecular weight excluding hydrogens is 298 g/mol. The Morgan fingerprint density at radius 1 is 1.27 bits per heavy atom. The summed E-state index contributed by atoms with van der Waals surface area (Å²) in [6, 6.07) is 8.96. The van der Waals surface area contributed by atoms with Gasteiger partial charge in [0.25, 0.3) is 5.91 Å². The molecule has 0 aliphatic heterocycles. The second-order valence-electron chi connectivity index (χ2n) is 4.56. The molecule has 0 unspecified atom stereocenters. The lowest BCUT2D eigenvalue weighted by Gasteiger charge is -2.01. The molecular formula is C16H17N3O2S. The second kappa shape index (κ2) is 8.09. The van der Waals surface area contributed by atoms with Crippen molar-refractivity contribution in [3.63, 3.8) is 0 Å². The summed E-state index contributed by atoms with van der Waals surface area (Å²) in [5, 5.41) is 7.85. The molecule has 2 rings (SSSR count). The Morgan fingerprint density at radius 3 is 2.77 bits per heavy atom. The SMILES string of the molecule is C=CCNC(=O)CCc1csc(NC(=O)c2ccccc2)n1. The maximum atomic E-state index is 12.0. The molecule has 114 valence electrons. The third-order valence-corrected chi connectivity index (χ3v) is 3.67. The highest BCUT2D eigenvalue weighted by Gasteiger charge is 2.09. The fourth-order valence-electron chi connectivity index (χ4n) is 1.75. The minimum absolute atomic E-state index is 0.0391. The van der Waals surface area contributed by atoms with E-state index in [9.17, 15) is 9.59 Å². The minimum Gasteiger partial charge on any atom is -0.353 e. The summed E-state index contributed by atoms with van der Waals surface area (Å²) in [4.78, 5) is 27.8. The number of carbonyl (C=O) groups excluding carboxylic acids is 2. The van der Waals surface area contributed by atoms with E-state index in [0.29, 0.717) is 30.1 Å². The van der Waals surface area contributed by atoms with Crippen LogP contribution in [0.1, 0.15) is 22.5 Å². The third kappa shape index (κ3) is 4.82. The lowest BCUT2D eigenvalue weighted by Crippen LogP contribution is -2.23. The normalized spacial score (nSPS) is 10.0. The summed E-state index contributed by atoms with van der Waals surface area (Å²) in [5.74, 6) is -0.229. The topological polar surface area (TPSA) is 71.1 Å². The largest absolute Gasteiger partial charge is 0.353 e. The number of thiazole rings is 1. The van der Waals surface area contributed by atoms with Crippen LogP contribution >= 0.6 is 11.3 Å². The van der Waals surface area contributed by atoms with E-state index in [1.165, 1.54) is 11.3 Å². The van der Waals surface area contributed by atoms with Crippen LogP contribution in [-0.4, -0.2) is 23.3 Å². The van der Waals surface area contributed by atoms with Crippen LogP contribution in [0.15, 0.2) is 48.4 Å². The first-order chi connectivity index (χ1) is 10.7. The van der Waals surface area contributed by atoms with Crippen LogP contribution in [0.5, 0.6) is 0 Å². The van der Waals surface area contributed by atoms with Crippen molar-refractivity contribution < 1.29 is 9.59 Å². The first-order valence-corrected chi connectivity index (χ1v) is 7.75. The first-order valence-electron chi connectivity index (χ1n) is 6.87. The van der Waals surface area contributed by atoms with Crippen molar-refractivity contribution in [3.8, 4) is 0 Å². The van der Waals surface area contributed by atoms with E-state index in [4.69, 9.17) is 0 Å². The van der Waals surface area contributed by atoms with E-state index in [2.05, 4.69) is 22.2 Å². The third-order valence-electron chi connectivity index (χ3n) is 2.86. The van der Waals surface area contributed by atoms with Gasteiger partial charge in [-0.3, -0.25) is 14.9 Å². The fraction of sp³-hybridized carbons (Fsp3) is 0.188. The average molecular weight is 315 g/mol.